The number of nitrogens with zero attached hydrogens (tertiary/aromatic N) is 2. The van der Waals surface area contributed by atoms with E-state index in [4.69, 9.17) is 11.6 Å². The van der Waals surface area contributed by atoms with Crippen molar-refractivity contribution >= 4 is 37.4 Å². The molecular formula is C17H25ClN2O5S2. The summed E-state index contributed by atoms with van der Waals surface area (Å²) < 4.78 is 49.9. The number of benzene rings is 1. The van der Waals surface area contributed by atoms with Crippen LogP contribution in [0.2, 0.25) is 5.02 Å². The van der Waals surface area contributed by atoms with Gasteiger partial charge in [0.25, 0.3) is 0 Å². The van der Waals surface area contributed by atoms with Crippen LogP contribution in [-0.2, 0) is 24.7 Å². The van der Waals surface area contributed by atoms with E-state index in [-0.39, 0.29) is 28.9 Å². The van der Waals surface area contributed by atoms with Crippen molar-refractivity contribution in [2.75, 3.05) is 31.6 Å². The predicted octanol–water partition coefficient (Wildman–Crippen LogP) is 1.63. The number of amides is 1. The first-order valence-electron chi connectivity index (χ1n) is 8.64. The summed E-state index contributed by atoms with van der Waals surface area (Å²) in [5, 5.41) is 0.415. The minimum atomic E-state index is -3.85. The van der Waals surface area contributed by atoms with Gasteiger partial charge in [-0.3, -0.25) is 4.79 Å². The number of rotatable bonds is 7. The number of carbonyl (C=O) groups excluding carboxylic acids is 1. The highest BCUT2D eigenvalue weighted by atomic mass is 35.5. The molecule has 10 heteroatoms. The molecular weight excluding hydrogens is 412 g/mol. The molecule has 1 atom stereocenters. The summed E-state index contributed by atoms with van der Waals surface area (Å²) in [5.41, 5.74) is 0. The Kier molecular flexibility index (Phi) is 6.94. The van der Waals surface area contributed by atoms with Crippen molar-refractivity contribution in [3.8, 4) is 0 Å². The van der Waals surface area contributed by atoms with Gasteiger partial charge in [-0.2, -0.15) is 4.31 Å². The SMILES string of the molecule is CC(C)CN(C(=O)CN(C)S(=O)(=O)c1ccc(Cl)cc1)[C@@H]1CCS(=O)(=O)C1. The van der Waals surface area contributed by atoms with Crippen LogP contribution in [-0.4, -0.2) is 69.6 Å². The second-order valence-electron chi connectivity index (χ2n) is 7.21. The van der Waals surface area contributed by atoms with E-state index < -0.39 is 31.8 Å². The molecule has 0 radical (unpaired) electrons. The fourth-order valence-electron chi connectivity index (χ4n) is 3.02. The third-order valence-electron chi connectivity index (χ3n) is 4.41. The number of carbonyl (C=O) groups is 1. The molecule has 1 amide bonds. The van der Waals surface area contributed by atoms with Crippen molar-refractivity contribution in [1.82, 2.24) is 9.21 Å². The van der Waals surface area contributed by atoms with E-state index in [0.717, 1.165) is 4.31 Å². The maximum absolute atomic E-state index is 12.8. The van der Waals surface area contributed by atoms with Crippen LogP contribution in [0.1, 0.15) is 20.3 Å². The van der Waals surface area contributed by atoms with Gasteiger partial charge in [0.2, 0.25) is 15.9 Å². The fraction of sp³-hybridized carbons (Fsp3) is 0.588. The Balaban J connectivity index is 2.17. The van der Waals surface area contributed by atoms with Gasteiger partial charge in [-0.1, -0.05) is 25.4 Å². The average Bonchev–Trinajstić information content (AvgIpc) is 2.92. The highest BCUT2D eigenvalue weighted by molar-refractivity contribution is 7.91. The second-order valence-corrected chi connectivity index (χ2v) is 11.9. The number of hydrogen-bond acceptors (Lipinski definition) is 5. The van der Waals surface area contributed by atoms with Crippen molar-refractivity contribution < 1.29 is 21.6 Å². The molecule has 1 heterocycles. The summed E-state index contributed by atoms with van der Waals surface area (Å²) in [6, 6.07) is 5.30. The summed E-state index contributed by atoms with van der Waals surface area (Å²) in [6.07, 6.45) is 0.383. The monoisotopic (exact) mass is 436 g/mol. The molecule has 0 aromatic heterocycles. The van der Waals surface area contributed by atoms with E-state index in [2.05, 4.69) is 0 Å². The van der Waals surface area contributed by atoms with Crippen molar-refractivity contribution in [1.29, 1.82) is 0 Å². The Morgan fingerprint density at radius 2 is 1.85 bits per heavy atom. The average molecular weight is 437 g/mol. The summed E-state index contributed by atoms with van der Waals surface area (Å²) in [5.74, 6) is -0.279. The molecule has 0 unspecified atom stereocenters. The van der Waals surface area contributed by atoms with Gasteiger partial charge in [-0.25, -0.2) is 16.8 Å². The standard InChI is InChI=1S/C17H25ClN2O5S2/c1-13(2)10-20(15-8-9-26(22,23)12-15)17(21)11-19(3)27(24,25)16-6-4-14(18)5-7-16/h4-7,13,15H,8-12H2,1-3H3/t15-/m1/s1. The van der Waals surface area contributed by atoms with Crippen molar-refractivity contribution in [2.24, 2.45) is 5.92 Å². The van der Waals surface area contributed by atoms with Crippen LogP contribution in [0.3, 0.4) is 0 Å². The predicted molar refractivity (Wildman–Crippen MR) is 105 cm³/mol. The minimum absolute atomic E-state index is 0.0426. The zero-order valence-electron chi connectivity index (χ0n) is 15.6. The normalized spacial score (nSPS) is 19.6. The number of sulfone groups is 1. The highest BCUT2D eigenvalue weighted by Gasteiger charge is 2.36. The quantitative estimate of drug-likeness (QED) is 0.647. The molecule has 152 valence electrons. The van der Waals surface area contributed by atoms with Gasteiger partial charge in [0, 0.05) is 24.7 Å². The molecule has 1 saturated heterocycles. The summed E-state index contributed by atoms with van der Waals surface area (Å²) in [4.78, 5) is 14.4. The van der Waals surface area contributed by atoms with E-state index in [9.17, 15) is 21.6 Å². The van der Waals surface area contributed by atoms with Crippen LogP contribution in [0.4, 0.5) is 0 Å². The lowest BCUT2D eigenvalue weighted by atomic mass is 10.1. The Labute approximate surface area is 166 Å². The van der Waals surface area contributed by atoms with Gasteiger partial charge in [-0.05, 0) is 36.6 Å². The molecule has 0 spiro atoms. The maximum Gasteiger partial charge on any atom is 0.243 e. The van der Waals surface area contributed by atoms with Gasteiger partial charge in [0.15, 0.2) is 9.84 Å². The van der Waals surface area contributed by atoms with Crippen molar-refractivity contribution in [2.45, 2.75) is 31.2 Å². The van der Waals surface area contributed by atoms with Crippen LogP contribution in [0.25, 0.3) is 0 Å². The molecule has 1 fully saturated rings. The zero-order valence-corrected chi connectivity index (χ0v) is 18.0. The Morgan fingerprint density at radius 1 is 1.26 bits per heavy atom. The molecule has 0 N–H and O–H groups in total. The van der Waals surface area contributed by atoms with E-state index in [0.29, 0.717) is 18.0 Å². The number of halogens is 1. The van der Waals surface area contributed by atoms with Crippen molar-refractivity contribution in [3.63, 3.8) is 0 Å². The molecule has 2 rings (SSSR count). The van der Waals surface area contributed by atoms with E-state index in [1.807, 2.05) is 13.8 Å². The summed E-state index contributed by atoms with van der Waals surface area (Å²) >= 11 is 5.79. The third-order valence-corrected chi connectivity index (χ3v) is 8.23. The Morgan fingerprint density at radius 3 is 2.33 bits per heavy atom. The lowest BCUT2D eigenvalue weighted by molar-refractivity contribution is -0.133. The third kappa shape index (κ3) is 5.66. The second kappa shape index (κ2) is 8.46. The Bertz CT molecular complexity index is 882. The minimum Gasteiger partial charge on any atom is -0.337 e. The van der Waals surface area contributed by atoms with Gasteiger partial charge in [0.1, 0.15) is 0 Å². The van der Waals surface area contributed by atoms with Gasteiger partial charge >= 0.3 is 0 Å². The van der Waals surface area contributed by atoms with Gasteiger partial charge in [0.05, 0.1) is 22.9 Å². The molecule has 0 bridgehead atoms. The van der Waals surface area contributed by atoms with E-state index in [1.54, 1.807) is 0 Å². The molecule has 1 aliphatic heterocycles. The van der Waals surface area contributed by atoms with E-state index >= 15 is 0 Å². The number of likely N-dealkylation sites (N-methyl/N-ethyl adjacent to an activating group) is 1. The Hall–Kier alpha value is -1.16. The largest absolute Gasteiger partial charge is 0.337 e. The topological polar surface area (TPSA) is 91.8 Å². The van der Waals surface area contributed by atoms with Crippen LogP contribution in [0.15, 0.2) is 29.2 Å². The molecule has 0 saturated carbocycles. The first-order valence-corrected chi connectivity index (χ1v) is 12.3. The first-order chi connectivity index (χ1) is 12.4. The molecule has 1 aromatic carbocycles. The van der Waals surface area contributed by atoms with Crippen LogP contribution >= 0.6 is 11.6 Å². The van der Waals surface area contributed by atoms with Crippen LogP contribution < -0.4 is 0 Å². The van der Waals surface area contributed by atoms with Gasteiger partial charge < -0.3 is 4.90 Å². The first kappa shape index (κ1) is 22.1. The molecule has 7 nitrogen and oxygen atoms in total. The summed E-state index contributed by atoms with van der Waals surface area (Å²) in [7, 11) is -5.67. The maximum atomic E-state index is 12.8. The molecule has 1 aromatic rings. The molecule has 0 aliphatic carbocycles. The number of hydrogen-bond donors (Lipinski definition) is 0. The lowest BCUT2D eigenvalue weighted by Gasteiger charge is -2.31. The number of sulfonamides is 1. The highest BCUT2D eigenvalue weighted by Crippen LogP contribution is 2.21. The molecule has 1 aliphatic rings. The van der Waals surface area contributed by atoms with Crippen molar-refractivity contribution in [3.05, 3.63) is 29.3 Å². The van der Waals surface area contributed by atoms with E-state index in [1.165, 1.54) is 36.2 Å². The summed E-state index contributed by atoms with van der Waals surface area (Å²) in [6.45, 7) is 3.89. The van der Waals surface area contributed by atoms with Crippen LogP contribution in [0.5, 0.6) is 0 Å². The van der Waals surface area contributed by atoms with Crippen LogP contribution in [0, 0.1) is 5.92 Å². The lowest BCUT2D eigenvalue weighted by Crippen LogP contribution is -2.48. The van der Waals surface area contributed by atoms with Gasteiger partial charge in [-0.15, -0.1) is 0 Å². The molecule has 27 heavy (non-hydrogen) atoms. The fourth-order valence-corrected chi connectivity index (χ4v) is 6.00. The zero-order chi connectivity index (χ0) is 20.4. The smallest absolute Gasteiger partial charge is 0.243 e.